The predicted molar refractivity (Wildman–Crippen MR) is 95.2 cm³/mol. The zero-order valence-electron chi connectivity index (χ0n) is 15.9. The molecule has 1 aliphatic heterocycles. The summed E-state index contributed by atoms with van der Waals surface area (Å²) in [6.07, 6.45) is -9.42. The second kappa shape index (κ2) is 10.3. The second-order valence-corrected chi connectivity index (χ2v) is 5.70. The molecule has 3 rings (SSSR count). The minimum absolute atomic E-state index is 0.541. The predicted octanol–water partition coefficient (Wildman–Crippen LogP) is 3.96. The van der Waals surface area contributed by atoms with Crippen LogP contribution in [0.2, 0.25) is 0 Å². The molecule has 32 heavy (non-hydrogen) atoms. The summed E-state index contributed by atoms with van der Waals surface area (Å²) in [7, 11) is 1.74. The monoisotopic (exact) mass is 465 g/mol. The van der Waals surface area contributed by atoms with Gasteiger partial charge in [0.15, 0.2) is 0 Å². The van der Waals surface area contributed by atoms with E-state index in [1.165, 1.54) is 0 Å². The van der Waals surface area contributed by atoms with Crippen LogP contribution in [0, 0.1) is 11.3 Å². The maximum atomic E-state index is 10.6. The van der Waals surface area contributed by atoms with E-state index >= 15 is 0 Å². The van der Waals surface area contributed by atoms with Gasteiger partial charge in [0, 0.05) is 19.0 Å². The first-order valence-corrected chi connectivity index (χ1v) is 8.18. The molecule has 0 saturated heterocycles. The molecule has 172 valence electrons. The third-order valence-corrected chi connectivity index (χ3v) is 3.46. The van der Waals surface area contributed by atoms with Crippen molar-refractivity contribution in [3.05, 3.63) is 47.0 Å². The molecule has 0 bridgehead atoms. The van der Waals surface area contributed by atoms with Gasteiger partial charge in [0.05, 0.1) is 5.56 Å². The lowest BCUT2D eigenvalue weighted by Gasteiger charge is -2.20. The SMILES string of the molecule is CNc1nc2c(cc1C#N)Cc1ccccc1O2.O=C(O)C(F)(F)F.O=C(O)C(F)(F)F. The van der Waals surface area contributed by atoms with Gasteiger partial charge >= 0.3 is 24.3 Å². The number of anilines is 1. The van der Waals surface area contributed by atoms with Crippen molar-refractivity contribution in [2.75, 3.05) is 12.4 Å². The number of para-hydroxylation sites is 1. The Labute approximate surface area is 175 Å². The first-order valence-electron chi connectivity index (χ1n) is 8.18. The van der Waals surface area contributed by atoms with Gasteiger partial charge in [0.1, 0.15) is 17.6 Å². The quantitative estimate of drug-likeness (QED) is 0.460. The largest absolute Gasteiger partial charge is 0.490 e. The molecule has 2 aromatic rings. The van der Waals surface area contributed by atoms with Crippen molar-refractivity contribution in [3.63, 3.8) is 0 Å². The number of fused-ring (bicyclic) bond motifs is 2. The Hall–Kier alpha value is -4.02. The second-order valence-electron chi connectivity index (χ2n) is 5.70. The van der Waals surface area contributed by atoms with Crippen LogP contribution >= 0.6 is 0 Å². The fourth-order valence-corrected chi connectivity index (χ4v) is 2.09. The molecular weight excluding hydrogens is 452 g/mol. The molecule has 8 nitrogen and oxygen atoms in total. The van der Waals surface area contributed by atoms with Crippen molar-refractivity contribution in [1.29, 1.82) is 5.26 Å². The Morgan fingerprint density at radius 3 is 2.00 bits per heavy atom. The fourth-order valence-electron chi connectivity index (χ4n) is 2.09. The number of benzene rings is 1. The maximum absolute atomic E-state index is 10.6. The fraction of sp³-hybridized carbons (Fsp3) is 0.222. The van der Waals surface area contributed by atoms with E-state index in [1.807, 2.05) is 30.3 Å². The molecule has 1 aromatic carbocycles. The van der Waals surface area contributed by atoms with E-state index < -0.39 is 24.3 Å². The number of hydrogen-bond donors (Lipinski definition) is 3. The number of ether oxygens (including phenoxy) is 1. The highest BCUT2D eigenvalue weighted by molar-refractivity contribution is 5.73. The number of rotatable bonds is 1. The minimum Gasteiger partial charge on any atom is -0.475 e. The summed E-state index contributed by atoms with van der Waals surface area (Å²) in [4.78, 5) is 22.1. The summed E-state index contributed by atoms with van der Waals surface area (Å²) in [6.45, 7) is 0. The molecule has 0 aliphatic carbocycles. The number of halogens is 6. The number of alkyl halides is 6. The van der Waals surface area contributed by atoms with E-state index in [4.69, 9.17) is 29.8 Å². The summed E-state index contributed by atoms with van der Waals surface area (Å²) in [6, 6.07) is 11.8. The third-order valence-electron chi connectivity index (χ3n) is 3.46. The average molecular weight is 465 g/mol. The van der Waals surface area contributed by atoms with Gasteiger partial charge in [0.25, 0.3) is 0 Å². The van der Waals surface area contributed by atoms with Gasteiger partial charge in [-0.3, -0.25) is 0 Å². The number of nitriles is 1. The maximum Gasteiger partial charge on any atom is 0.490 e. The van der Waals surface area contributed by atoms with Crippen LogP contribution in [0.1, 0.15) is 16.7 Å². The molecule has 0 spiro atoms. The van der Waals surface area contributed by atoms with Gasteiger partial charge in [-0.2, -0.15) is 36.6 Å². The summed E-state index contributed by atoms with van der Waals surface area (Å²) < 4.78 is 69.2. The minimum atomic E-state index is -5.08. The number of hydrogen-bond acceptors (Lipinski definition) is 6. The summed E-state index contributed by atoms with van der Waals surface area (Å²) in [5, 5.41) is 26.2. The number of aliphatic carboxylic acids is 2. The van der Waals surface area contributed by atoms with E-state index in [0.29, 0.717) is 17.3 Å². The van der Waals surface area contributed by atoms with E-state index in [2.05, 4.69) is 16.4 Å². The molecule has 2 heterocycles. The number of aromatic nitrogens is 1. The summed E-state index contributed by atoms with van der Waals surface area (Å²) in [5.74, 6) is -3.54. The molecule has 0 atom stereocenters. The highest BCUT2D eigenvalue weighted by Crippen LogP contribution is 2.36. The van der Waals surface area contributed by atoms with E-state index in [0.717, 1.165) is 23.3 Å². The molecule has 0 amide bonds. The topological polar surface area (TPSA) is 133 Å². The van der Waals surface area contributed by atoms with Gasteiger partial charge in [0.2, 0.25) is 5.88 Å². The summed E-state index contributed by atoms with van der Waals surface area (Å²) >= 11 is 0. The number of carbonyl (C=O) groups is 2. The average Bonchev–Trinajstić information content (AvgIpc) is 2.70. The lowest BCUT2D eigenvalue weighted by molar-refractivity contribution is -0.193. The normalized spacial score (nSPS) is 11.6. The molecule has 14 heteroatoms. The number of nitrogens with zero attached hydrogens (tertiary/aromatic N) is 2. The Kier molecular flexibility index (Phi) is 8.40. The Bertz CT molecular complexity index is 1010. The van der Waals surface area contributed by atoms with Crippen LogP contribution in [-0.4, -0.2) is 46.5 Å². The van der Waals surface area contributed by atoms with Crippen LogP contribution in [0.25, 0.3) is 0 Å². The molecule has 1 aromatic heterocycles. The van der Waals surface area contributed by atoms with Crippen LogP contribution in [0.3, 0.4) is 0 Å². The molecule has 0 radical (unpaired) electrons. The van der Waals surface area contributed by atoms with Crippen LogP contribution in [-0.2, 0) is 16.0 Å². The summed E-state index contributed by atoms with van der Waals surface area (Å²) in [5.41, 5.74) is 2.61. The van der Waals surface area contributed by atoms with Crippen LogP contribution in [0.15, 0.2) is 30.3 Å². The van der Waals surface area contributed by atoms with E-state index in [1.54, 1.807) is 7.05 Å². The highest BCUT2D eigenvalue weighted by Gasteiger charge is 2.38. The zero-order valence-corrected chi connectivity index (χ0v) is 15.9. The van der Waals surface area contributed by atoms with Crippen molar-refractivity contribution >= 4 is 17.8 Å². The third kappa shape index (κ3) is 7.35. The number of carboxylic acids is 2. The van der Waals surface area contributed by atoms with Crippen molar-refractivity contribution < 1.29 is 50.9 Å². The molecule has 0 fully saturated rings. The first kappa shape index (κ1) is 26.0. The highest BCUT2D eigenvalue weighted by atomic mass is 19.4. The molecule has 0 unspecified atom stereocenters. The molecule has 0 saturated carbocycles. The Morgan fingerprint density at radius 2 is 1.56 bits per heavy atom. The van der Waals surface area contributed by atoms with Gasteiger partial charge in [-0.05, 0) is 17.7 Å². The molecule has 3 N–H and O–H groups in total. The lowest BCUT2D eigenvalue weighted by Crippen LogP contribution is -2.21. The van der Waals surface area contributed by atoms with Crippen molar-refractivity contribution in [3.8, 4) is 17.7 Å². The van der Waals surface area contributed by atoms with Gasteiger partial charge < -0.3 is 20.3 Å². The number of nitrogens with one attached hydrogen (secondary N) is 1. The van der Waals surface area contributed by atoms with Gasteiger partial charge in [-0.15, -0.1) is 0 Å². The first-order chi connectivity index (χ1) is 14.7. The Balaban J connectivity index is 0.000000305. The van der Waals surface area contributed by atoms with Crippen LogP contribution < -0.4 is 10.1 Å². The Morgan fingerprint density at radius 1 is 1.06 bits per heavy atom. The standard InChI is InChI=1S/C14H11N3O.2C2HF3O2/c1-16-13-11(8-15)7-10-6-9-4-2-3-5-12(9)18-14(10)17-13;2*3-2(4,5)1(6)7/h2-5,7H,6H2,1H3,(H,16,17);2*(H,6,7). The van der Waals surface area contributed by atoms with Crippen LogP contribution in [0.5, 0.6) is 11.6 Å². The van der Waals surface area contributed by atoms with Gasteiger partial charge in [-0.25, -0.2) is 9.59 Å². The van der Waals surface area contributed by atoms with Crippen molar-refractivity contribution in [2.45, 2.75) is 18.8 Å². The zero-order chi connectivity index (χ0) is 24.7. The van der Waals surface area contributed by atoms with E-state index in [9.17, 15) is 26.3 Å². The van der Waals surface area contributed by atoms with E-state index in [-0.39, 0.29) is 0 Å². The smallest absolute Gasteiger partial charge is 0.475 e. The van der Waals surface area contributed by atoms with Crippen molar-refractivity contribution in [1.82, 2.24) is 4.98 Å². The lowest BCUT2D eigenvalue weighted by atomic mass is 10.0. The van der Waals surface area contributed by atoms with Crippen LogP contribution in [0.4, 0.5) is 32.2 Å². The van der Waals surface area contributed by atoms with Gasteiger partial charge in [-0.1, -0.05) is 18.2 Å². The molecule has 1 aliphatic rings. The number of pyridine rings is 1. The van der Waals surface area contributed by atoms with Crippen molar-refractivity contribution in [2.24, 2.45) is 0 Å². The number of carboxylic acid groups (broad SMARTS) is 2. The molecular formula is C18H13F6N3O5.